The molecule has 0 radical (unpaired) electrons. The van der Waals surface area contributed by atoms with Crippen LogP contribution in [0.2, 0.25) is 0 Å². The standard InChI is InChI=1S/C25H23F3N2O4/c1-16-2-7-20(24(28)23(16)27)25(32)30-10-8-29(9-11-30)13-19-12-21(31)22(15-33-19)34-14-17-3-5-18(26)6-4-17/h2-7,12,15H,8-11,13-14H2,1H3. The predicted octanol–water partition coefficient (Wildman–Crippen LogP) is 3.90. The molecule has 9 heteroatoms. The first-order valence-electron chi connectivity index (χ1n) is 10.8. The number of piperazine rings is 1. The minimum absolute atomic E-state index is 0.0517. The van der Waals surface area contributed by atoms with E-state index < -0.39 is 17.5 Å². The molecule has 3 aromatic rings. The molecule has 0 unspecified atom stereocenters. The van der Waals surface area contributed by atoms with Crippen LogP contribution >= 0.6 is 0 Å². The highest BCUT2D eigenvalue weighted by Gasteiger charge is 2.26. The SMILES string of the molecule is Cc1ccc(C(=O)N2CCN(Cc3cc(=O)c(OCc4ccc(F)cc4)co3)CC2)c(F)c1F. The predicted molar refractivity (Wildman–Crippen MR) is 118 cm³/mol. The van der Waals surface area contributed by atoms with E-state index in [1.54, 1.807) is 12.1 Å². The first-order valence-corrected chi connectivity index (χ1v) is 10.8. The highest BCUT2D eigenvalue weighted by atomic mass is 19.2. The summed E-state index contributed by atoms with van der Waals surface area (Å²) in [5.74, 6) is -2.55. The van der Waals surface area contributed by atoms with Crippen molar-refractivity contribution in [3.63, 3.8) is 0 Å². The lowest BCUT2D eigenvalue weighted by Crippen LogP contribution is -2.48. The fourth-order valence-electron chi connectivity index (χ4n) is 3.68. The van der Waals surface area contributed by atoms with Crippen molar-refractivity contribution in [3.05, 3.63) is 98.9 Å². The first kappa shape index (κ1) is 23.6. The van der Waals surface area contributed by atoms with Gasteiger partial charge in [-0.15, -0.1) is 0 Å². The van der Waals surface area contributed by atoms with Crippen molar-refractivity contribution in [1.29, 1.82) is 0 Å². The summed E-state index contributed by atoms with van der Waals surface area (Å²) in [4.78, 5) is 28.4. The lowest BCUT2D eigenvalue weighted by atomic mass is 10.1. The minimum atomic E-state index is -1.13. The number of aryl methyl sites for hydroxylation is 1. The highest BCUT2D eigenvalue weighted by molar-refractivity contribution is 5.94. The third-order valence-electron chi connectivity index (χ3n) is 5.70. The molecule has 0 N–H and O–H groups in total. The van der Waals surface area contributed by atoms with E-state index in [0.29, 0.717) is 44.0 Å². The fourth-order valence-corrected chi connectivity index (χ4v) is 3.68. The van der Waals surface area contributed by atoms with Crippen LogP contribution in [0.3, 0.4) is 0 Å². The number of halogens is 3. The van der Waals surface area contributed by atoms with Crippen LogP contribution in [-0.4, -0.2) is 41.9 Å². The van der Waals surface area contributed by atoms with E-state index in [4.69, 9.17) is 9.15 Å². The van der Waals surface area contributed by atoms with Crippen LogP contribution in [0, 0.1) is 24.4 Å². The molecule has 2 heterocycles. The van der Waals surface area contributed by atoms with Gasteiger partial charge in [-0.05, 0) is 36.2 Å². The molecule has 1 saturated heterocycles. The van der Waals surface area contributed by atoms with Gasteiger partial charge in [-0.25, -0.2) is 13.2 Å². The summed E-state index contributed by atoms with van der Waals surface area (Å²) in [6.45, 7) is 3.51. The van der Waals surface area contributed by atoms with Gasteiger partial charge in [0.1, 0.15) is 24.4 Å². The summed E-state index contributed by atoms with van der Waals surface area (Å²) in [5, 5.41) is 0. The normalized spacial score (nSPS) is 14.3. The van der Waals surface area contributed by atoms with Gasteiger partial charge in [-0.3, -0.25) is 14.5 Å². The molecule has 178 valence electrons. The number of benzene rings is 2. The van der Waals surface area contributed by atoms with Crippen LogP contribution in [-0.2, 0) is 13.2 Å². The maximum Gasteiger partial charge on any atom is 0.257 e. The zero-order valence-electron chi connectivity index (χ0n) is 18.5. The van der Waals surface area contributed by atoms with E-state index in [2.05, 4.69) is 0 Å². The Labute approximate surface area is 194 Å². The monoisotopic (exact) mass is 472 g/mol. The van der Waals surface area contributed by atoms with E-state index in [0.717, 1.165) is 0 Å². The molecule has 0 bridgehead atoms. The Kier molecular flexibility index (Phi) is 7.02. The van der Waals surface area contributed by atoms with Crippen LogP contribution < -0.4 is 10.2 Å². The smallest absolute Gasteiger partial charge is 0.257 e. The van der Waals surface area contributed by atoms with Gasteiger partial charge in [0.15, 0.2) is 11.6 Å². The van der Waals surface area contributed by atoms with Gasteiger partial charge < -0.3 is 14.1 Å². The zero-order valence-corrected chi connectivity index (χ0v) is 18.5. The van der Waals surface area contributed by atoms with Crippen LogP contribution in [0.15, 0.2) is 57.9 Å². The minimum Gasteiger partial charge on any atom is -0.482 e. The van der Waals surface area contributed by atoms with Gasteiger partial charge in [-0.1, -0.05) is 18.2 Å². The van der Waals surface area contributed by atoms with Gasteiger partial charge in [-0.2, -0.15) is 0 Å². The number of nitrogens with zero attached hydrogens (tertiary/aromatic N) is 2. The van der Waals surface area contributed by atoms with Gasteiger partial charge in [0, 0.05) is 32.2 Å². The Balaban J connectivity index is 1.31. The number of hydrogen-bond acceptors (Lipinski definition) is 5. The molecule has 1 aliphatic heterocycles. The Morgan fingerprint density at radius 3 is 2.38 bits per heavy atom. The van der Waals surface area contributed by atoms with E-state index >= 15 is 0 Å². The van der Waals surface area contributed by atoms with Gasteiger partial charge >= 0.3 is 0 Å². The maximum absolute atomic E-state index is 14.2. The molecule has 6 nitrogen and oxygen atoms in total. The Morgan fingerprint density at radius 1 is 1.00 bits per heavy atom. The summed E-state index contributed by atoms with van der Waals surface area (Å²) in [5.41, 5.74) is 0.241. The molecule has 0 spiro atoms. The molecule has 2 aromatic carbocycles. The highest BCUT2D eigenvalue weighted by Crippen LogP contribution is 2.19. The van der Waals surface area contributed by atoms with Crippen molar-refractivity contribution in [1.82, 2.24) is 9.80 Å². The van der Waals surface area contributed by atoms with Gasteiger partial charge in [0.05, 0.1) is 12.1 Å². The quantitative estimate of drug-likeness (QED) is 0.545. The van der Waals surface area contributed by atoms with Crippen molar-refractivity contribution >= 4 is 5.91 Å². The largest absolute Gasteiger partial charge is 0.482 e. The average Bonchev–Trinajstić information content (AvgIpc) is 2.83. The van der Waals surface area contributed by atoms with E-state index in [1.807, 2.05) is 4.90 Å². The first-order chi connectivity index (χ1) is 16.3. The van der Waals surface area contributed by atoms with Crippen molar-refractivity contribution < 1.29 is 27.1 Å². The molecule has 1 aliphatic rings. The van der Waals surface area contributed by atoms with E-state index in [9.17, 15) is 22.8 Å². The Morgan fingerprint density at radius 2 is 1.71 bits per heavy atom. The summed E-state index contributed by atoms with van der Waals surface area (Å²) in [6.07, 6.45) is 1.25. The number of amides is 1. The van der Waals surface area contributed by atoms with Crippen molar-refractivity contribution in [2.45, 2.75) is 20.1 Å². The molecule has 1 amide bonds. The molecular weight excluding hydrogens is 449 g/mol. The Bertz CT molecular complexity index is 1240. The molecule has 4 rings (SSSR count). The summed E-state index contributed by atoms with van der Waals surface area (Å²) in [6, 6.07) is 9.80. The molecule has 34 heavy (non-hydrogen) atoms. The van der Waals surface area contributed by atoms with Crippen molar-refractivity contribution in [3.8, 4) is 5.75 Å². The average molecular weight is 472 g/mol. The summed E-state index contributed by atoms with van der Waals surface area (Å²) in [7, 11) is 0. The molecule has 0 atom stereocenters. The Hall–Kier alpha value is -3.59. The molecule has 1 aromatic heterocycles. The van der Waals surface area contributed by atoms with E-state index in [1.165, 1.54) is 48.4 Å². The number of rotatable bonds is 6. The summed E-state index contributed by atoms with van der Waals surface area (Å²) < 4.78 is 52.0. The number of hydrogen-bond donors (Lipinski definition) is 0. The lowest BCUT2D eigenvalue weighted by Gasteiger charge is -2.34. The second-order valence-electron chi connectivity index (χ2n) is 8.12. The number of ether oxygens (including phenoxy) is 1. The second-order valence-corrected chi connectivity index (χ2v) is 8.12. The number of carbonyl (C=O) groups excluding carboxylic acids is 1. The second kappa shape index (κ2) is 10.1. The molecule has 0 aliphatic carbocycles. The van der Waals surface area contributed by atoms with Crippen LogP contribution in [0.25, 0.3) is 0 Å². The third-order valence-corrected chi connectivity index (χ3v) is 5.70. The van der Waals surface area contributed by atoms with E-state index in [-0.39, 0.29) is 34.7 Å². The van der Waals surface area contributed by atoms with Crippen LogP contribution in [0.5, 0.6) is 5.75 Å². The lowest BCUT2D eigenvalue weighted by molar-refractivity contribution is 0.0613. The fraction of sp³-hybridized carbons (Fsp3) is 0.280. The van der Waals surface area contributed by atoms with Gasteiger partial charge in [0.25, 0.3) is 5.91 Å². The third kappa shape index (κ3) is 5.31. The zero-order chi connectivity index (χ0) is 24.2. The maximum atomic E-state index is 14.2. The van der Waals surface area contributed by atoms with Crippen molar-refractivity contribution in [2.24, 2.45) is 0 Å². The van der Waals surface area contributed by atoms with Crippen LogP contribution in [0.1, 0.15) is 27.2 Å². The van der Waals surface area contributed by atoms with Crippen LogP contribution in [0.4, 0.5) is 13.2 Å². The molecular formula is C25H23F3N2O4. The van der Waals surface area contributed by atoms with Crippen molar-refractivity contribution in [2.75, 3.05) is 26.2 Å². The topological polar surface area (TPSA) is 63.0 Å². The molecule has 1 fully saturated rings. The van der Waals surface area contributed by atoms with Gasteiger partial charge in [0.2, 0.25) is 11.2 Å². The number of carbonyl (C=O) groups is 1. The summed E-state index contributed by atoms with van der Waals surface area (Å²) >= 11 is 0. The molecule has 0 saturated carbocycles.